The van der Waals surface area contributed by atoms with Gasteiger partial charge in [-0.15, -0.1) is 0 Å². The number of carbonyl (C=O) groups excluding carboxylic acids is 3. The van der Waals surface area contributed by atoms with Crippen LogP contribution in [0.4, 0.5) is 0 Å². The fraction of sp³-hybridized carbons (Fsp3) is 0.500. The van der Waals surface area contributed by atoms with Crippen molar-refractivity contribution in [1.29, 1.82) is 0 Å². The van der Waals surface area contributed by atoms with Gasteiger partial charge in [0, 0.05) is 28.6 Å². The van der Waals surface area contributed by atoms with Gasteiger partial charge in [0.25, 0.3) is 0 Å². The van der Waals surface area contributed by atoms with Gasteiger partial charge in [0.2, 0.25) is 0 Å². The van der Waals surface area contributed by atoms with Crippen LogP contribution in [0.1, 0.15) is 45.6 Å². The first-order valence-corrected chi connectivity index (χ1v) is 12.9. The topological polar surface area (TPSA) is 111 Å². The molecule has 190 valence electrons. The van der Waals surface area contributed by atoms with E-state index in [1.54, 1.807) is 37.7 Å². The van der Waals surface area contributed by atoms with E-state index in [1.165, 1.54) is 13.2 Å². The van der Waals surface area contributed by atoms with E-state index in [4.69, 9.17) is 14.2 Å². The Morgan fingerprint density at radius 3 is 2.66 bits per heavy atom. The minimum absolute atomic E-state index is 0.0452. The summed E-state index contributed by atoms with van der Waals surface area (Å²) >= 11 is 1.66. The average molecular weight is 504 g/mol. The summed E-state index contributed by atoms with van der Waals surface area (Å²) in [6.45, 7) is 8.01. The summed E-state index contributed by atoms with van der Waals surface area (Å²) < 4.78 is 16.1. The smallest absolute Gasteiger partial charge is 0.336 e. The Kier molecular flexibility index (Phi) is 8.88. The minimum atomic E-state index is -0.969. The fourth-order valence-corrected chi connectivity index (χ4v) is 5.17. The summed E-state index contributed by atoms with van der Waals surface area (Å²) in [7, 11) is 1.26. The first-order valence-electron chi connectivity index (χ1n) is 11.8. The highest BCUT2D eigenvalue weighted by molar-refractivity contribution is 7.99. The maximum Gasteiger partial charge on any atom is 0.336 e. The van der Waals surface area contributed by atoms with Gasteiger partial charge in [0.15, 0.2) is 17.3 Å². The highest BCUT2D eigenvalue weighted by Gasteiger charge is 2.47. The Labute approximate surface area is 210 Å². The summed E-state index contributed by atoms with van der Waals surface area (Å²) in [6.07, 6.45) is 0.445. The number of methoxy groups -OCH3 is 1. The van der Waals surface area contributed by atoms with Gasteiger partial charge in [0.1, 0.15) is 12.5 Å². The number of dihydropyridines is 1. The van der Waals surface area contributed by atoms with Crippen LogP contribution in [0.25, 0.3) is 0 Å². The van der Waals surface area contributed by atoms with Gasteiger partial charge in [-0.2, -0.15) is 11.8 Å². The number of hydrogen-bond donors (Lipinski definition) is 2. The number of ketones is 1. The van der Waals surface area contributed by atoms with Crippen molar-refractivity contribution in [2.75, 3.05) is 31.8 Å². The van der Waals surface area contributed by atoms with Gasteiger partial charge < -0.3 is 24.6 Å². The molecule has 1 aliphatic carbocycles. The molecular formula is C26H33NO7S. The number of rotatable bonds is 9. The number of thioether (sulfide) groups is 1. The highest BCUT2D eigenvalue weighted by Crippen LogP contribution is 2.46. The predicted octanol–water partition coefficient (Wildman–Crippen LogP) is 3.70. The van der Waals surface area contributed by atoms with E-state index in [9.17, 15) is 19.5 Å². The second-order valence-corrected chi connectivity index (χ2v) is 9.92. The van der Waals surface area contributed by atoms with Crippen molar-refractivity contribution in [3.05, 3.63) is 46.3 Å². The van der Waals surface area contributed by atoms with Gasteiger partial charge >= 0.3 is 11.9 Å². The maximum absolute atomic E-state index is 13.7. The van der Waals surface area contributed by atoms with Crippen LogP contribution in [0.3, 0.4) is 0 Å². The molecule has 2 N–H and O–H groups in total. The molecule has 0 amide bonds. The average Bonchev–Trinajstić information content (AvgIpc) is 2.82. The van der Waals surface area contributed by atoms with Gasteiger partial charge in [-0.25, -0.2) is 4.79 Å². The first-order chi connectivity index (χ1) is 16.7. The molecule has 0 saturated heterocycles. The molecule has 0 bridgehead atoms. The van der Waals surface area contributed by atoms with Crippen LogP contribution >= 0.6 is 11.8 Å². The van der Waals surface area contributed by atoms with Crippen molar-refractivity contribution in [2.45, 2.75) is 40.0 Å². The van der Waals surface area contributed by atoms with E-state index in [2.05, 4.69) is 5.32 Å². The van der Waals surface area contributed by atoms with Gasteiger partial charge in [0.05, 0.1) is 19.3 Å². The lowest BCUT2D eigenvalue weighted by atomic mass is 9.69. The Hall–Kier alpha value is -2.94. The molecule has 35 heavy (non-hydrogen) atoms. The zero-order valence-electron chi connectivity index (χ0n) is 20.8. The quantitative estimate of drug-likeness (QED) is 0.296. The van der Waals surface area contributed by atoms with Crippen molar-refractivity contribution in [3.63, 3.8) is 0 Å². The molecule has 3 rings (SSSR count). The summed E-state index contributed by atoms with van der Waals surface area (Å²) in [5.41, 5.74) is 2.48. The van der Waals surface area contributed by atoms with E-state index in [0.717, 1.165) is 5.75 Å². The van der Waals surface area contributed by atoms with E-state index >= 15 is 0 Å². The molecule has 0 saturated carbocycles. The summed E-state index contributed by atoms with van der Waals surface area (Å²) in [5.74, 6) is -1.76. The van der Waals surface area contributed by atoms with Crippen LogP contribution in [-0.2, 0) is 23.9 Å². The molecule has 0 spiro atoms. The van der Waals surface area contributed by atoms with Gasteiger partial charge in [-0.05, 0) is 49.6 Å². The standard InChI is InChI=1S/C26H33NO7S/c1-6-33-19-13-16(8-9-18(19)28)22-21(26(31)34-10-11-35-7-2)15(4)27-17-12-14(3)20(25(30)32-5)24(29)23(17)22/h8-9,13-14,20,22,27-28H,6-7,10-12H2,1-5H3/t14-,20+,22+/m1/s1. The SMILES string of the molecule is CCOc1cc([C@H]2C(C(=O)OCCSCC)=C(C)NC3=C2C(=O)[C@@H](C(=O)OC)[C@H](C)C3)ccc1O. The Morgan fingerprint density at radius 1 is 1.26 bits per heavy atom. The Bertz CT molecular complexity index is 1060. The maximum atomic E-state index is 13.7. The molecule has 3 atom stereocenters. The third kappa shape index (κ3) is 5.50. The van der Waals surface area contributed by atoms with Crippen LogP contribution < -0.4 is 10.1 Å². The van der Waals surface area contributed by atoms with Crippen molar-refractivity contribution in [2.24, 2.45) is 11.8 Å². The normalized spacial score (nSPS) is 21.9. The lowest BCUT2D eigenvalue weighted by Gasteiger charge is -2.38. The van der Waals surface area contributed by atoms with Gasteiger partial charge in [-0.1, -0.05) is 19.9 Å². The molecule has 1 heterocycles. The first kappa shape index (κ1) is 26.7. The molecule has 0 radical (unpaired) electrons. The number of carbonyl (C=O) groups is 3. The number of esters is 2. The second kappa shape index (κ2) is 11.7. The van der Waals surface area contributed by atoms with E-state index in [0.29, 0.717) is 46.9 Å². The number of ether oxygens (including phenoxy) is 3. The van der Waals surface area contributed by atoms with Crippen LogP contribution in [0.2, 0.25) is 0 Å². The van der Waals surface area contributed by atoms with Crippen LogP contribution in [-0.4, -0.2) is 54.7 Å². The van der Waals surface area contributed by atoms with E-state index in [-0.39, 0.29) is 29.8 Å². The second-order valence-electron chi connectivity index (χ2n) is 8.53. The molecular weight excluding hydrogens is 470 g/mol. The number of phenols is 1. The van der Waals surface area contributed by atoms with Crippen LogP contribution in [0.15, 0.2) is 40.7 Å². The summed E-state index contributed by atoms with van der Waals surface area (Å²) in [6, 6.07) is 4.77. The van der Waals surface area contributed by atoms with Crippen molar-refractivity contribution >= 4 is 29.5 Å². The molecule has 2 aliphatic rings. The zero-order chi connectivity index (χ0) is 25.7. The number of Topliss-reactive ketones (excluding diaryl/α,β-unsaturated/α-hetero) is 1. The number of allylic oxidation sites excluding steroid dienone is 3. The third-order valence-corrected chi connectivity index (χ3v) is 7.11. The molecule has 8 nitrogen and oxygen atoms in total. The Morgan fingerprint density at radius 2 is 2.00 bits per heavy atom. The van der Waals surface area contributed by atoms with Crippen molar-refractivity contribution in [1.82, 2.24) is 5.32 Å². The largest absolute Gasteiger partial charge is 0.504 e. The number of aromatic hydroxyl groups is 1. The fourth-order valence-electron chi connectivity index (χ4n) is 4.68. The lowest BCUT2D eigenvalue weighted by Crippen LogP contribution is -2.43. The van der Waals surface area contributed by atoms with Crippen LogP contribution in [0.5, 0.6) is 11.5 Å². The number of nitrogens with one attached hydrogen (secondary N) is 1. The number of phenolic OH excluding ortho intramolecular Hbond substituents is 1. The molecule has 9 heteroatoms. The van der Waals surface area contributed by atoms with E-state index in [1.807, 2.05) is 13.8 Å². The monoisotopic (exact) mass is 503 g/mol. The van der Waals surface area contributed by atoms with Crippen molar-refractivity contribution in [3.8, 4) is 11.5 Å². The Balaban J connectivity index is 2.12. The molecule has 1 aliphatic heterocycles. The molecule has 1 aromatic rings. The van der Waals surface area contributed by atoms with E-state index < -0.39 is 23.8 Å². The lowest BCUT2D eigenvalue weighted by molar-refractivity contribution is -0.151. The summed E-state index contributed by atoms with van der Waals surface area (Å²) in [5, 5.41) is 13.5. The predicted molar refractivity (Wildman–Crippen MR) is 133 cm³/mol. The molecule has 0 aromatic heterocycles. The van der Waals surface area contributed by atoms with Crippen LogP contribution in [0, 0.1) is 11.8 Å². The highest BCUT2D eigenvalue weighted by atomic mass is 32.2. The number of hydrogen-bond acceptors (Lipinski definition) is 9. The third-order valence-electron chi connectivity index (χ3n) is 6.24. The molecule has 0 fully saturated rings. The number of benzene rings is 1. The molecule has 1 aromatic carbocycles. The van der Waals surface area contributed by atoms with Crippen molar-refractivity contribution < 1.29 is 33.7 Å². The van der Waals surface area contributed by atoms with Gasteiger partial charge in [-0.3, -0.25) is 9.59 Å². The molecule has 0 unspecified atom stereocenters. The summed E-state index contributed by atoms with van der Waals surface area (Å²) in [4.78, 5) is 39.6. The minimum Gasteiger partial charge on any atom is -0.504 e. The zero-order valence-corrected chi connectivity index (χ0v) is 21.6.